The molecule has 0 spiro atoms. The van der Waals surface area contributed by atoms with Crippen LogP contribution in [0.3, 0.4) is 0 Å². The molecule has 17 heavy (non-hydrogen) atoms. The highest BCUT2D eigenvalue weighted by atomic mass is 79.9. The van der Waals surface area contributed by atoms with Gasteiger partial charge in [-0.25, -0.2) is 4.79 Å². The van der Waals surface area contributed by atoms with Gasteiger partial charge in [-0.3, -0.25) is 5.10 Å². The van der Waals surface area contributed by atoms with Crippen LogP contribution in [0.1, 0.15) is 16.1 Å². The van der Waals surface area contributed by atoms with Crippen molar-refractivity contribution < 1.29 is 15.0 Å². The van der Waals surface area contributed by atoms with Crippen molar-refractivity contribution >= 4 is 21.9 Å². The van der Waals surface area contributed by atoms with Crippen molar-refractivity contribution in [2.45, 2.75) is 6.92 Å². The number of aromatic carboxylic acids is 1. The molecule has 0 unspecified atom stereocenters. The van der Waals surface area contributed by atoms with Crippen LogP contribution >= 0.6 is 15.9 Å². The molecule has 0 aliphatic carbocycles. The number of hydrogen-bond donors (Lipinski definition) is 3. The lowest BCUT2D eigenvalue weighted by molar-refractivity contribution is 0.0690. The summed E-state index contributed by atoms with van der Waals surface area (Å²) >= 11 is 3.30. The Kier molecular flexibility index (Phi) is 2.89. The summed E-state index contributed by atoms with van der Waals surface area (Å²) in [4.78, 5) is 10.7. The highest BCUT2D eigenvalue weighted by Crippen LogP contribution is 2.37. The number of nitrogens with one attached hydrogen (secondary N) is 1. The van der Waals surface area contributed by atoms with E-state index < -0.39 is 5.97 Å². The number of aromatic amines is 1. The Labute approximate surface area is 105 Å². The highest BCUT2D eigenvalue weighted by molar-refractivity contribution is 9.10. The van der Waals surface area contributed by atoms with Crippen LogP contribution in [0.5, 0.6) is 5.75 Å². The fourth-order valence-electron chi connectivity index (χ4n) is 1.47. The number of phenols is 1. The Hall–Kier alpha value is -1.82. The number of phenolic OH excluding ortho intramolecular Hbond substituents is 1. The average Bonchev–Trinajstić information content (AvgIpc) is 2.73. The van der Waals surface area contributed by atoms with Gasteiger partial charge in [0, 0.05) is 4.47 Å². The van der Waals surface area contributed by atoms with Gasteiger partial charge in [0.1, 0.15) is 11.4 Å². The lowest BCUT2D eigenvalue weighted by atomic mass is 10.1. The van der Waals surface area contributed by atoms with E-state index in [0.29, 0.717) is 21.3 Å². The number of H-pyrrole nitrogens is 1. The standard InChI is InChI=1S/C11H9BrN2O3/c1-5-2-3-6(12)9(10(5)15)7-4-8(11(16)17)14-13-7/h2-4,15H,1H3,(H,13,14)(H,16,17). The number of benzene rings is 1. The first kappa shape index (κ1) is 11.7. The van der Waals surface area contributed by atoms with E-state index in [1.165, 1.54) is 6.07 Å². The Balaban J connectivity index is 2.60. The van der Waals surface area contributed by atoms with E-state index in [1.54, 1.807) is 19.1 Å². The molecule has 0 amide bonds. The third-order valence-electron chi connectivity index (χ3n) is 2.39. The number of rotatable bonds is 2. The summed E-state index contributed by atoms with van der Waals surface area (Å²) in [7, 11) is 0. The van der Waals surface area contributed by atoms with Gasteiger partial charge in [-0.2, -0.15) is 5.10 Å². The lowest BCUT2D eigenvalue weighted by Gasteiger charge is -2.06. The Bertz CT molecular complexity index is 592. The van der Waals surface area contributed by atoms with Crippen LogP contribution < -0.4 is 0 Å². The number of carboxylic acid groups (broad SMARTS) is 1. The molecule has 0 atom stereocenters. The maximum Gasteiger partial charge on any atom is 0.353 e. The number of aromatic nitrogens is 2. The van der Waals surface area contributed by atoms with Gasteiger partial charge in [-0.15, -0.1) is 0 Å². The summed E-state index contributed by atoms with van der Waals surface area (Å²) in [5.41, 5.74) is 1.54. The second kappa shape index (κ2) is 4.21. The summed E-state index contributed by atoms with van der Waals surface area (Å²) in [5, 5.41) is 25.0. The zero-order valence-corrected chi connectivity index (χ0v) is 10.4. The lowest BCUT2D eigenvalue weighted by Crippen LogP contribution is -1.95. The molecule has 3 N–H and O–H groups in total. The minimum atomic E-state index is -1.09. The first-order valence-corrected chi connectivity index (χ1v) is 5.57. The van der Waals surface area contributed by atoms with Crippen molar-refractivity contribution in [3.05, 3.63) is 33.9 Å². The monoisotopic (exact) mass is 296 g/mol. The highest BCUT2D eigenvalue weighted by Gasteiger charge is 2.16. The normalized spacial score (nSPS) is 10.5. The summed E-state index contributed by atoms with van der Waals surface area (Å²) < 4.78 is 0.657. The molecule has 1 aromatic carbocycles. The van der Waals surface area contributed by atoms with Crippen LogP contribution in [0.2, 0.25) is 0 Å². The fraction of sp³-hybridized carbons (Fsp3) is 0.0909. The number of aromatic hydroxyl groups is 1. The molecule has 1 heterocycles. The van der Waals surface area contributed by atoms with Gasteiger partial charge in [0.05, 0.1) is 11.3 Å². The SMILES string of the molecule is Cc1ccc(Br)c(-c2cc(C(=O)O)[nH]n2)c1O. The van der Waals surface area contributed by atoms with E-state index in [9.17, 15) is 9.90 Å². The summed E-state index contributed by atoms with van der Waals surface area (Å²) in [6.45, 7) is 1.76. The van der Waals surface area contributed by atoms with Crippen molar-refractivity contribution in [1.29, 1.82) is 0 Å². The van der Waals surface area contributed by atoms with E-state index in [-0.39, 0.29) is 11.4 Å². The second-order valence-corrected chi connectivity index (χ2v) is 4.41. The molecular weight excluding hydrogens is 288 g/mol. The molecule has 0 bridgehead atoms. The second-order valence-electron chi connectivity index (χ2n) is 3.56. The van der Waals surface area contributed by atoms with Crippen LogP contribution in [-0.2, 0) is 0 Å². The molecular formula is C11H9BrN2O3. The Morgan fingerprint density at radius 1 is 1.47 bits per heavy atom. The van der Waals surface area contributed by atoms with Crippen molar-refractivity contribution in [1.82, 2.24) is 10.2 Å². The quantitative estimate of drug-likeness (QED) is 0.795. The van der Waals surface area contributed by atoms with Gasteiger partial charge in [-0.05, 0) is 40.5 Å². The Morgan fingerprint density at radius 2 is 2.18 bits per heavy atom. The molecule has 5 nitrogen and oxygen atoms in total. The molecule has 0 saturated heterocycles. The molecule has 0 radical (unpaired) electrons. The number of carboxylic acids is 1. The summed E-state index contributed by atoms with van der Waals surface area (Å²) in [5.74, 6) is -1.00. The minimum Gasteiger partial charge on any atom is -0.507 e. The van der Waals surface area contributed by atoms with E-state index in [0.717, 1.165) is 0 Å². The van der Waals surface area contributed by atoms with E-state index in [2.05, 4.69) is 26.1 Å². The largest absolute Gasteiger partial charge is 0.507 e. The zero-order chi connectivity index (χ0) is 12.6. The molecule has 2 aromatic rings. The van der Waals surface area contributed by atoms with Gasteiger partial charge in [0.25, 0.3) is 0 Å². The van der Waals surface area contributed by atoms with E-state index >= 15 is 0 Å². The third-order valence-corrected chi connectivity index (χ3v) is 3.05. The maximum absolute atomic E-state index is 10.7. The van der Waals surface area contributed by atoms with Crippen LogP contribution in [0.4, 0.5) is 0 Å². The van der Waals surface area contributed by atoms with E-state index in [4.69, 9.17) is 5.11 Å². The molecule has 6 heteroatoms. The average molecular weight is 297 g/mol. The van der Waals surface area contributed by atoms with Gasteiger partial charge in [0.2, 0.25) is 0 Å². The molecule has 0 aliphatic heterocycles. The topological polar surface area (TPSA) is 86.2 Å². The molecule has 2 rings (SSSR count). The predicted octanol–water partition coefficient (Wildman–Crippen LogP) is 2.55. The third kappa shape index (κ3) is 2.03. The van der Waals surface area contributed by atoms with Gasteiger partial charge in [-0.1, -0.05) is 6.07 Å². The molecule has 88 valence electrons. The Morgan fingerprint density at radius 3 is 2.76 bits per heavy atom. The maximum atomic E-state index is 10.7. The van der Waals surface area contributed by atoms with Crippen molar-refractivity contribution in [3.63, 3.8) is 0 Å². The van der Waals surface area contributed by atoms with Crippen LogP contribution in [0.25, 0.3) is 11.3 Å². The molecule has 0 saturated carbocycles. The molecule has 0 aliphatic rings. The summed E-state index contributed by atoms with van der Waals surface area (Å²) in [6.07, 6.45) is 0. The summed E-state index contributed by atoms with van der Waals surface area (Å²) in [6, 6.07) is 4.91. The number of nitrogens with zero attached hydrogens (tertiary/aromatic N) is 1. The molecule has 1 aromatic heterocycles. The zero-order valence-electron chi connectivity index (χ0n) is 8.86. The predicted molar refractivity (Wildman–Crippen MR) is 65.1 cm³/mol. The van der Waals surface area contributed by atoms with Gasteiger partial charge in [0.15, 0.2) is 0 Å². The van der Waals surface area contributed by atoms with Gasteiger partial charge >= 0.3 is 5.97 Å². The first-order chi connectivity index (χ1) is 8.00. The number of aryl methyl sites for hydroxylation is 1. The molecule has 0 fully saturated rings. The van der Waals surface area contributed by atoms with Crippen LogP contribution in [0, 0.1) is 6.92 Å². The number of carbonyl (C=O) groups is 1. The number of halogens is 1. The van der Waals surface area contributed by atoms with Crippen molar-refractivity contribution in [3.8, 4) is 17.0 Å². The minimum absolute atomic E-state index is 0.0205. The smallest absolute Gasteiger partial charge is 0.353 e. The fourth-order valence-corrected chi connectivity index (χ4v) is 2.00. The van der Waals surface area contributed by atoms with Crippen molar-refractivity contribution in [2.75, 3.05) is 0 Å². The van der Waals surface area contributed by atoms with Crippen LogP contribution in [-0.4, -0.2) is 26.4 Å². The van der Waals surface area contributed by atoms with Crippen LogP contribution in [0.15, 0.2) is 22.7 Å². The van der Waals surface area contributed by atoms with Gasteiger partial charge < -0.3 is 10.2 Å². The first-order valence-electron chi connectivity index (χ1n) is 4.78. The van der Waals surface area contributed by atoms with E-state index in [1.807, 2.05) is 0 Å². The van der Waals surface area contributed by atoms with Crippen molar-refractivity contribution in [2.24, 2.45) is 0 Å². The number of hydrogen-bond acceptors (Lipinski definition) is 3.